The molecule has 2 amide bonds. The zero-order valence-corrected chi connectivity index (χ0v) is 12.2. The summed E-state index contributed by atoms with van der Waals surface area (Å²) >= 11 is 0. The van der Waals surface area contributed by atoms with Gasteiger partial charge in [-0.15, -0.1) is 0 Å². The molecule has 2 N–H and O–H groups in total. The van der Waals surface area contributed by atoms with Crippen LogP contribution in [0, 0.1) is 6.92 Å². The van der Waals surface area contributed by atoms with Crippen molar-refractivity contribution in [3.8, 4) is 0 Å². The van der Waals surface area contributed by atoms with Crippen LogP contribution in [0.5, 0.6) is 0 Å². The molecule has 1 aromatic rings. The highest BCUT2D eigenvalue weighted by Crippen LogP contribution is 2.08. The summed E-state index contributed by atoms with van der Waals surface area (Å²) in [5.74, 6) is -0.900. The monoisotopic (exact) mass is 278 g/mol. The highest BCUT2D eigenvalue weighted by molar-refractivity contribution is 5.76. The second-order valence-corrected chi connectivity index (χ2v) is 4.82. The lowest BCUT2D eigenvalue weighted by Crippen LogP contribution is -2.45. The van der Waals surface area contributed by atoms with E-state index in [-0.39, 0.29) is 18.5 Å². The minimum atomic E-state index is -0.900. The first-order valence-electron chi connectivity index (χ1n) is 6.76. The molecule has 5 nitrogen and oxygen atoms in total. The van der Waals surface area contributed by atoms with Gasteiger partial charge in [-0.3, -0.25) is 4.79 Å². The van der Waals surface area contributed by atoms with E-state index in [0.717, 1.165) is 11.1 Å². The van der Waals surface area contributed by atoms with Crippen molar-refractivity contribution in [1.82, 2.24) is 10.2 Å². The second-order valence-electron chi connectivity index (χ2n) is 4.82. The summed E-state index contributed by atoms with van der Waals surface area (Å²) in [5, 5.41) is 11.6. The number of benzene rings is 1. The predicted molar refractivity (Wildman–Crippen MR) is 77.5 cm³/mol. The molecule has 20 heavy (non-hydrogen) atoms. The van der Waals surface area contributed by atoms with Crippen molar-refractivity contribution in [2.45, 2.75) is 39.8 Å². The number of carbonyl (C=O) groups is 2. The van der Waals surface area contributed by atoms with Gasteiger partial charge in [-0.2, -0.15) is 0 Å². The maximum atomic E-state index is 12.1. The Labute approximate surface area is 119 Å². The van der Waals surface area contributed by atoms with E-state index in [1.54, 1.807) is 6.92 Å². The summed E-state index contributed by atoms with van der Waals surface area (Å²) in [6.07, 6.45) is -0.0500. The van der Waals surface area contributed by atoms with Gasteiger partial charge in [0.15, 0.2) is 0 Å². The fraction of sp³-hybridized carbons (Fsp3) is 0.467. The number of nitrogens with one attached hydrogen (secondary N) is 1. The van der Waals surface area contributed by atoms with Gasteiger partial charge in [0.05, 0.1) is 6.42 Å². The quantitative estimate of drug-likeness (QED) is 0.839. The third-order valence-corrected chi connectivity index (χ3v) is 3.29. The van der Waals surface area contributed by atoms with E-state index >= 15 is 0 Å². The zero-order chi connectivity index (χ0) is 15.1. The highest BCUT2D eigenvalue weighted by Gasteiger charge is 2.20. The van der Waals surface area contributed by atoms with E-state index in [2.05, 4.69) is 5.32 Å². The molecule has 0 heterocycles. The van der Waals surface area contributed by atoms with Gasteiger partial charge in [0.2, 0.25) is 0 Å². The summed E-state index contributed by atoms with van der Waals surface area (Å²) in [5.41, 5.74) is 2.18. The minimum Gasteiger partial charge on any atom is -0.481 e. The summed E-state index contributed by atoms with van der Waals surface area (Å²) in [6.45, 7) is 6.50. The first-order valence-corrected chi connectivity index (χ1v) is 6.76. The average Bonchev–Trinajstić information content (AvgIpc) is 2.37. The van der Waals surface area contributed by atoms with E-state index in [9.17, 15) is 9.59 Å². The SMILES string of the molecule is CCN(C(=O)NCc1ccccc1C)C(C)CC(=O)O. The first kappa shape index (κ1) is 16.0. The fourth-order valence-electron chi connectivity index (χ4n) is 2.10. The van der Waals surface area contributed by atoms with Crippen LogP contribution >= 0.6 is 0 Å². The van der Waals surface area contributed by atoms with Crippen LogP contribution in [0.3, 0.4) is 0 Å². The Hall–Kier alpha value is -2.04. The summed E-state index contributed by atoms with van der Waals surface area (Å²) < 4.78 is 0. The largest absolute Gasteiger partial charge is 0.481 e. The predicted octanol–water partition coefficient (Wildman–Crippen LogP) is 2.39. The van der Waals surface area contributed by atoms with Gasteiger partial charge in [-0.25, -0.2) is 4.79 Å². The lowest BCUT2D eigenvalue weighted by molar-refractivity contribution is -0.138. The number of hydrogen-bond acceptors (Lipinski definition) is 2. The molecule has 0 saturated carbocycles. The van der Waals surface area contributed by atoms with Crippen molar-refractivity contribution >= 4 is 12.0 Å². The number of aliphatic carboxylic acids is 1. The van der Waals surface area contributed by atoms with Gasteiger partial charge >= 0.3 is 12.0 Å². The maximum Gasteiger partial charge on any atom is 0.317 e. The Morgan fingerprint density at radius 2 is 2.00 bits per heavy atom. The number of carboxylic acid groups (broad SMARTS) is 1. The third-order valence-electron chi connectivity index (χ3n) is 3.29. The number of rotatable bonds is 6. The van der Waals surface area contributed by atoms with Crippen LogP contribution < -0.4 is 5.32 Å². The van der Waals surface area contributed by atoms with E-state index < -0.39 is 5.97 Å². The third kappa shape index (κ3) is 4.57. The van der Waals surface area contributed by atoms with E-state index in [1.165, 1.54) is 4.90 Å². The zero-order valence-electron chi connectivity index (χ0n) is 12.2. The van der Waals surface area contributed by atoms with E-state index in [4.69, 9.17) is 5.11 Å². The molecule has 0 aromatic heterocycles. The number of hydrogen-bond donors (Lipinski definition) is 2. The standard InChI is InChI=1S/C15H22N2O3/c1-4-17(12(3)9-14(18)19)15(20)16-10-13-8-6-5-7-11(13)2/h5-8,12H,4,9-10H2,1-3H3,(H,16,20)(H,18,19). The molecule has 110 valence electrons. The second kappa shape index (κ2) is 7.53. The Kier molecular flexibility index (Phi) is 6.03. The van der Waals surface area contributed by atoms with Gasteiger partial charge < -0.3 is 15.3 Å². The topological polar surface area (TPSA) is 69.6 Å². The number of amides is 2. The van der Waals surface area contributed by atoms with E-state index in [0.29, 0.717) is 13.1 Å². The molecule has 0 radical (unpaired) electrons. The molecular formula is C15H22N2O3. The number of nitrogens with zero attached hydrogens (tertiary/aromatic N) is 1. The Bertz CT molecular complexity index is 474. The molecule has 0 bridgehead atoms. The molecule has 0 saturated heterocycles. The fourth-order valence-corrected chi connectivity index (χ4v) is 2.10. The van der Waals surface area contributed by atoms with Crippen LogP contribution in [0.1, 0.15) is 31.4 Å². The van der Waals surface area contributed by atoms with E-state index in [1.807, 2.05) is 38.1 Å². The van der Waals surface area contributed by atoms with Gasteiger partial charge in [0, 0.05) is 19.1 Å². The Morgan fingerprint density at radius 3 is 2.55 bits per heavy atom. The van der Waals surface area contributed by atoms with Crippen LogP contribution in [0.4, 0.5) is 4.79 Å². The van der Waals surface area contributed by atoms with Crippen molar-refractivity contribution in [2.75, 3.05) is 6.54 Å². The van der Waals surface area contributed by atoms with Crippen LogP contribution in [-0.4, -0.2) is 34.6 Å². The average molecular weight is 278 g/mol. The van der Waals surface area contributed by atoms with Crippen LogP contribution in [0.2, 0.25) is 0 Å². The van der Waals surface area contributed by atoms with Gasteiger partial charge in [-0.05, 0) is 31.9 Å². The summed E-state index contributed by atoms with van der Waals surface area (Å²) in [6, 6.07) is 7.28. The molecule has 0 aliphatic rings. The minimum absolute atomic E-state index is 0.0500. The van der Waals surface area contributed by atoms with Gasteiger partial charge in [0.1, 0.15) is 0 Å². The molecule has 0 aliphatic heterocycles. The number of urea groups is 1. The molecule has 0 aliphatic carbocycles. The normalized spacial score (nSPS) is 11.8. The molecule has 0 spiro atoms. The molecular weight excluding hydrogens is 256 g/mol. The molecule has 1 atom stereocenters. The molecule has 5 heteroatoms. The molecule has 1 unspecified atom stereocenters. The van der Waals surface area contributed by atoms with Crippen LogP contribution in [0.15, 0.2) is 24.3 Å². The number of carbonyl (C=O) groups excluding carboxylic acids is 1. The lowest BCUT2D eigenvalue weighted by Gasteiger charge is -2.27. The van der Waals surface area contributed by atoms with Crippen LogP contribution in [0.25, 0.3) is 0 Å². The van der Waals surface area contributed by atoms with Crippen molar-refractivity contribution in [2.24, 2.45) is 0 Å². The van der Waals surface area contributed by atoms with Crippen molar-refractivity contribution < 1.29 is 14.7 Å². The summed E-state index contributed by atoms with van der Waals surface area (Å²) in [4.78, 5) is 24.4. The maximum absolute atomic E-state index is 12.1. The molecule has 1 aromatic carbocycles. The van der Waals surface area contributed by atoms with Crippen molar-refractivity contribution in [1.29, 1.82) is 0 Å². The Morgan fingerprint density at radius 1 is 1.35 bits per heavy atom. The van der Waals surface area contributed by atoms with Crippen molar-refractivity contribution in [3.63, 3.8) is 0 Å². The number of aryl methyl sites for hydroxylation is 1. The summed E-state index contributed by atoms with van der Waals surface area (Å²) in [7, 11) is 0. The highest BCUT2D eigenvalue weighted by atomic mass is 16.4. The van der Waals surface area contributed by atoms with Gasteiger partial charge in [-0.1, -0.05) is 24.3 Å². The van der Waals surface area contributed by atoms with Crippen LogP contribution in [-0.2, 0) is 11.3 Å². The molecule has 0 fully saturated rings. The van der Waals surface area contributed by atoms with Gasteiger partial charge in [0.25, 0.3) is 0 Å². The first-order chi connectivity index (χ1) is 9.45. The lowest BCUT2D eigenvalue weighted by atomic mass is 10.1. The Balaban J connectivity index is 2.60. The van der Waals surface area contributed by atoms with Crippen molar-refractivity contribution in [3.05, 3.63) is 35.4 Å². The smallest absolute Gasteiger partial charge is 0.317 e. The molecule has 1 rings (SSSR count). The number of carboxylic acids is 1.